The fraction of sp³-hybridized carbons (Fsp3) is 1.00. The Morgan fingerprint density at radius 3 is 0.732 bits per heavy atom. The maximum absolute atomic E-state index is 10.8. The van der Waals surface area contributed by atoms with E-state index in [4.69, 9.17) is 12.3 Å². The normalized spacial score (nSPS) is 16.4. The number of hydrogen-bond acceptors (Lipinski definition) is 8. The first-order chi connectivity index (χ1) is 19.8. The van der Waals surface area contributed by atoms with Crippen LogP contribution in [0, 0.1) is 0 Å². The van der Waals surface area contributed by atoms with Crippen molar-refractivity contribution >= 4 is 20.0 Å². The van der Waals surface area contributed by atoms with Gasteiger partial charge in [-0.15, -0.1) is 0 Å². The fourth-order valence-electron chi connectivity index (χ4n) is 4.76. The second kappa shape index (κ2) is 29.2. The van der Waals surface area contributed by atoms with E-state index in [0.29, 0.717) is 25.7 Å². The van der Waals surface area contributed by atoms with Crippen LogP contribution in [0.4, 0.5) is 0 Å². The minimum absolute atomic E-state index is 0.367. The van der Waals surface area contributed by atoms with Crippen LogP contribution < -0.4 is 0 Å². The molecule has 4 unspecified atom stereocenters. The van der Waals surface area contributed by atoms with E-state index < -0.39 is 45.2 Å². The van der Waals surface area contributed by atoms with Gasteiger partial charge in [0.15, 0.2) is 0 Å². The predicted molar refractivity (Wildman–Crippen MR) is 168 cm³/mol. The van der Waals surface area contributed by atoms with Crippen LogP contribution in [-0.4, -0.2) is 65.6 Å². The van der Waals surface area contributed by atoms with Crippen LogP contribution in [-0.2, 0) is 12.3 Å². The summed E-state index contributed by atoms with van der Waals surface area (Å²) in [4.78, 5) is 0. The Kier molecular flexibility index (Phi) is 29.5. The van der Waals surface area contributed by atoms with E-state index in [2.05, 4.69) is 27.7 Å². The summed E-state index contributed by atoms with van der Waals surface area (Å²) >= 11 is -5.33. The van der Waals surface area contributed by atoms with E-state index >= 15 is 0 Å². The zero-order valence-electron chi connectivity index (χ0n) is 27.2. The molecule has 0 heterocycles. The molecule has 4 atom stereocenters. The SMILES string of the molecule is CCCCCCCC(O)[O][Sn]([O]C(O)CCCCCCC)([O]C(O)CCCCCCC)[O]C(O)CCCCCCC. The van der Waals surface area contributed by atoms with Crippen LogP contribution in [0.5, 0.6) is 0 Å². The van der Waals surface area contributed by atoms with E-state index in [9.17, 15) is 20.4 Å². The molecule has 8 nitrogen and oxygen atoms in total. The molecule has 0 aromatic carbocycles. The van der Waals surface area contributed by atoms with Gasteiger partial charge in [-0.25, -0.2) is 0 Å². The summed E-state index contributed by atoms with van der Waals surface area (Å²) in [5.41, 5.74) is 0. The summed E-state index contributed by atoms with van der Waals surface area (Å²) < 4.78 is 24.0. The van der Waals surface area contributed by atoms with Gasteiger partial charge in [-0.2, -0.15) is 0 Å². The van der Waals surface area contributed by atoms with Crippen molar-refractivity contribution < 1.29 is 32.7 Å². The quantitative estimate of drug-likeness (QED) is 0.0316. The monoisotopic (exact) mass is 700 g/mol. The van der Waals surface area contributed by atoms with Gasteiger partial charge < -0.3 is 0 Å². The molecule has 0 fully saturated rings. The summed E-state index contributed by atoms with van der Waals surface area (Å²) in [6, 6.07) is 0. The summed E-state index contributed by atoms with van der Waals surface area (Å²) in [7, 11) is 0. The molecule has 0 amide bonds. The molecule has 0 aliphatic carbocycles. The molecule has 0 saturated heterocycles. The summed E-state index contributed by atoms with van der Waals surface area (Å²) in [6.07, 6.45) is 17.0. The summed E-state index contributed by atoms with van der Waals surface area (Å²) in [6.45, 7) is 8.64. The van der Waals surface area contributed by atoms with Crippen molar-refractivity contribution in [1.82, 2.24) is 0 Å². The second-order valence-corrected chi connectivity index (χ2v) is 17.1. The Bertz CT molecular complexity index is 448. The Morgan fingerprint density at radius 1 is 0.341 bits per heavy atom. The van der Waals surface area contributed by atoms with Crippen LogP contribution in [0.2, 0.25) is 0 Å². The van der Waals surface area contributed by atoms with E-state index in [1.54, 1.807) is 0 Å². The number of rotatable bonds is 32. The first kappa shape index (κ1) is 41.5. The molecule has 0 bridgehead atoms. The van der Waals surface area contributed by atoms with Crippen molar-refractivity contribution in [2.75, 3.05) is 0 Å². The average molecular weight is 700 g/mol. The number of aliphatic hydroxyl groups is 4. The third-order valence-corrected chi connectivity index (χ3v) is 13.7. The molecule has 0 radical (unpaired) electrons. The molecule has 0 aliphatic rings. The van der Waals surface area contributed by atoms with Crippen molar-refractivity contribution in [1.29, 1.82) is 0 Å². The predicted octanol–water partition coefficient (Wildman–Crippen LogP) is 8.20. The third-order valence-electron chi connectivity index (χ3n) is 7.34. The van der Waals surface area contributed by atoms with Crippen LogP contribution in [0.25, 0.3) is 0 Å². The van der Waals surface area contributed by atoms with E-state index in [-0.39, 0.29) is 0 Å². The second-order valence-electron chi connectivity index (χ2n) is 11.6. The van der Waals surface area contributed by atoms with E-state index in [0.717, 1.165) is 128 Å². The molecule has 0 saturated carbocycles. The zero-order valence-corrected chi connectivity index (χ0v) is 30.1. The molecule has 0 rings (SSSR count). The van der Waals surface area contributed by atoms with E-state index in [1.165, 1.54) is 0 Å². The van der Waals surface area contributed by atoms with Crippen molar-refractivity contribution in [3.8, 4) is 0 Å². The zero-order chi connectivity index (χ0) is 30.6. The van der Waals surface area contributed by atoms with Gasteiger partial charge in [0.1, 0.15) is 0 Å². The molecule has 0 aliphatic heterocycles. The molecule has 9 heteroatoms. The van der Waals surface area contributed by atoms with Gasteiger partial charge in [-0.1, -0.05) is 0 Å². The molecule has 41 heavy (non-hydrogen) atoms. The van der Waals surface area contributed by atoms with Crippen LogP contribution in [0.15, 0.2) is 0 Å². The minimum atomic E-state index is -5.33. The van der Waals surface area contributed by atoms with Crippen molar-refractivity contribution in [2.24, 2.45) is 0 Å². The Labute approximate surface area is 258 Å². The fourth-order valence-corrected chi connectivity index (χ4v) is 10.9. The van der Waals surface area contributed by atoms with E-state index in [1.807, 2.05) is 0 Å². The van der Waals surface area contributed by atoms with Gasteiger partial charge >= 0.3 is 260 Å². The Morgan fingerprint density at radius 2 is 0.537 bits per heavy atom. The first-order valence-corrected chi connectivity index (χ1v) is 21.9. The van der Waals surface area contributed by atoms with Gasteiger partial charge in [0.2, 0.25) is 0 Å². The third kappa shape index (κ3) is 25.5. The van der Waals surface area contributed by atoms with Gasteiger partial charge in [0.05, 0.1) is 0 Å². The molecule has 248 valence electrons. The standard InChI is InChI=1S/4C8H17O2.Sn/c4*1-2-3-4-5-6-7-8(9)10;/h4*8-9H,2-7H2,1H3;/q4*-1;+4. The van der Waals surface area contributed by atoms with Gasteiger partial charge in [-0.3, -0.25) is 0 Å². The molecule has 0 aromatic rings. The van der Waals surface area contributed by atoms with Crippen molar-refractivity contribution in [3.63, 3.8) is 0 Å². The maximum atomic E-state index is 10.8. The van der Waals surface area contributed by atoms with Crippen LogP contribution >= 0.6 is 0 Å². The average Bonchev–Trinajstić information content (AvgIpc) is 2.92. The van der Waals surface area contributed by atoms with Gasteiger partial charge in [-0.05, 0) is 0 Å². The Hall–Kier alpha value is 0.479. The molecule has 0 spiro atoms. The molecule has 4 N–H and O–H groups in total. The summed E-state index contributed by atoms with van der Waals surface area (Å²) in [5.74, 6) is 0. The Balaban J connectivity index is 5.52. The topological polar surface area (TPSA) is 118 Å². The van der Waals surface area contributed by atoms with Crippen molar-refractivity contribution in [2.45, 2.75) is 207 Å². The number of unbranched alkanes of at least 4 members (excludes halogenated alkanes) is 16. The molecule has 0 aromatic heterocycles. The van der Waals surface area contributed by atoms with Crippen LogP contribution in [0.1, 0.15) is 182 Å². The van der Waals surface area contributed by atoms with Crippen LogP contribution in [0.3, 0.4) is 0 Å². The molecular formula is C32H68O8Sn. The summed E-state index contributed by atoms with van der Waals surface area (Å²) in [5, 5.41) is 43.4. The molecular weight excluding hydrogens is 631 g/mol. The van der Waals surface area contributed by atoms with Crippen molar-refractivity contribution in [3.05, 3.63) is 0 Å². The van der Waals surface area contributed by atoms with Gasteiger partial charge in [0, 0.05) is 0 Å². The number of aliphatic hydroxyl groups excluding tert-OH is 4. The first-order valence-electron chi connectivity index (χ1n) is 17.3. The number of hydrogen-bond donors (Lipinski definition) is 4. The van der Waals surface area contributed by atoms with Gasteiger partial charge in [0.25, 0.3) is 0 Å².